The molecule has 0 radical (unpaired) electrons. The maximum absolute atomic E-state index is 12.6. The van der Waals surface area contributed by atoms with E-state index in [1.165, 1.54) is 0 Å². The van der Waals surface area contributed by atoms with Crippen LogP contribution in [0.3, 0.4) is 0 Å². The van der Waals surface area contributed by atoms with E-state index in [0.717, 1.165) is 39.4 Å². The quantitative estimate of drug-likeness (QED) is 0.799. The standard InChI is InChI=1S/C18H28N4O2/c1-14-10-22(12-18(23)17-5-3-4-6-19-17)16(9-20-14)11-21-7-8-24-13-15(21)2/h3-6,14-16,20H,7-13H2,1-2H3/t14-,15-,16-/m1/s1. The van der Waals surface area contributed by atoms with Gasteiger partial charge < -0.3 is 10.1 Å². The topological polar surface area (TPSA) is 57.7 Å². The number of morpholine rings is 1. The summed E-state index contributed by atoms with van der Waals surface area (Å²) in [5, 5.41) is 3.55. The van der Waals surface area contributed by atoms with Crippen molar-refractivity contribution in [3.05, 3.63) is 30.1 Å². The molecular formula is C18H28N4O2. The van der Waals surface area contributed by atoms with Crippen molar-refractivity contribution in [2.45, 2.75) is 32.0 Å². The van der Waals surface area contributed by atoms with Gasteiger partial charge in [0, 0.05) is 50.5 Å². The minimum atomic E-state index is 0.102. The fourth-order valence-corrected chi connectivity index (χ4v) is 3.50. The zero-order chi connectivity index (χ0) is 16.9. The first-order valence-corrected chi connectivity index (χ1v) is 8.87. The lowest BCUT2D eigenvalue weighted by molar-refractivity contribution is -0.0168. The number of Topliss-reactive ketones (excluding diaryl/α,β-unsaturated/α-hetero) is 1. The van der Waals surface area contributed by atoms with Crippen LogP contribution in [0.1, 0.15) is 24.3 Å². The molecule has 2 aliphatic rings. The molecule has 132 valence electrons. The van der Waals surface area contributed by atoms with Gasteiger partial charge in [-0.15, -0.1) is 0 Å². The van der Waals surface area contributed by atoms with Gasteiger partial charge in [0.2, 0.25) is 0 Å². The molecule has 1 N–H and O–H groups in total. The highest BCUT2D eigenvalue weighted by Gasteiger charge is 2.31. The number of nitrogens with zero attached hydrogens (tertiary/aromatic N) is 3. The van der Waals surface area contributed by atoms with Gasteiger partial charge in [0.25, 0.3) is 0 Å². The van der Waals surface area contributed by atoms with Gasteiger partial charge in [0.15, 0.2) is 5.78 Å². The van der Waals surface area contributed by atoms with E-state index in [9.17, 15) is 4.79 Å². The fraction of sp³-hybridized carbons (Fsp3) is 0.667. The third-order valence-corrected chi connectivity index (χ3v) is 4.97. The number of ketones is 1. The molecule has 2 saturated heterocycles. The van der Waals surface area contributed by atoms with Crippen LogP contribution in [0, 0.1) is 0 Å². The summed E-state index contributed by atoms with van der Waals surface area (Å²) in [6.07, 6.45) is 1.68. The minimum absolute atomic E-state index is 0.102. The molecule has 6 nitrogen and oxygen atoms in total. The van der Waals surface area contributed by atoms with Crippen molar-refractivity contribution in [2.24, 2.45) is 0 Å². The fourth-order valence-electron chi connectivity index (χ4n) is 3.50. The smallest absolute Gasteiger partial charge is 0.195 e. The monoisotopic (exact) mass is 332 g/mol. The lowest BCUT2D eigenvalue weighted by Crippen LogP contribution is -2.61. The molecule has 0 unspecified atom stereocenters. The van der Waals surface area contributed by atoms with Crippen LogP contribution in [-0.4, -0.2) is 84.6 Å². The summed E-state index contributed by atoms with van der Waals surface area (Å²) < 4.78 is 5.53. The van der Waals surface area contributed by atoms with Gasteiger partial charge >= 0.3 is 0 Å². The molecule has 3 atom stereocenters. The Hall–Kier alpha value is -1.34. The molecule has 0 amide bonds. The van der Waals surface area contributed by atoms with Crippen molar-refractivity contribution < 1.29 is 9.53 Å². The summed E-state index contributed by atoms with van der Waals surface area (Å²) in [5.74, 6) is 0.102. The summed E-state index contributed by atoms with van der Waals surface area (Å²) >= 11 is 0. The molecule has 0 aromatic carbocycles. The van der Waals surface area contributed by atoms with Crippen LogP contribution in [0.4, 0.5) is 0 Å². The number of hydrogen-bond donors (Lipinski definition) is 1. The van der Waals surface area contributed by atoms with E-state index in [0.29, 0.717) is 30.4 Å². The maximum atomic E-state index is 12.6. The summed E-state index contributed by atoms with van der Waals surface area (Å²) in [5.41, 5.74) is 0.558. The molecule has 3 heterocycles. The van der Waals surface area contributed by atoms with Crippen LogP contribution in [0.15, 0.2) is 24.4 Å². The Balaban J connectivity index is 1.64. The molecule has 1 aromatic rings. The molecule has 0 saturated carbocycles. The molecule has 0 spiro atoms. The number of aromatic nitrogens is 1. The van der Waals surface area contributed by atoms with Gasteiger partial charge in [-0.25, -0.2) is 0 Å². The van der Waals surface area contributed by atoms with Crippen molar-refractivity contribution in [3.63, 3.8) is 0 Å². The van der Waals surface area contributed by atoms with Crippen molar-refractivity contribution in [1.29, 1.82) is 0 Å². The number of rotatable bonds is 5. The Kier molecular flexibility index (Phi) is 5.94. The number of piperazine rings is 1. The summed E-state index contributed by atoms with van der Waals surface area (Å²) in [6, 6.07) is 6.69. The SMILES string of the molecule is C[C@@H]1CN(CC(=O)c2ccccn2)[C@@H](CN2CCOC[C@H]2C)CN1. The Bertz CT molecular complexity index is 539. The number of pyridine rings is 1. The molecule has 1 aromatic heterocycles. The van der Waals surface area contributed by atoms with Crippen LogP contribution < -0.4 is 5.32 Å². The summed E-state index contributed by atoms with van der Waals surface area (Å²) in [7, 11) is 0. The van der Waals surface area contributed by atoms with Crippen molar-refractivity contribution >= 4 is 5.78 Å². The van der Waals surface area contributed by atoms with Crippen molar-refractivity contribution in [1.82, 2.24) is 20.1 Å². The predicted octanol–water partition coefficient (Wildman–Crippen LogP) is 0.647. The van der Waals surface area contributed by atoms with Crippen LogP contribution in [0.2, 0.25) is 0 Å². The third-order valence-electron chi connectivity index (χ3n) is 4.97. The van der Waals surface area contributed by atoms with E-state index in [4.69, 9.17) is 4.74 Å². The first-order chi connectivity index (χ1) is 11.6. The van der Waals surface area contributed by atoms with Crippen LogP contribution in [-0.2, 0) is 4.74 Å². The van der Waals surface area contributed by atoms with Gasteiger partial charge in [-0.05, 0) is 26.0 Å². The first-order valence-electron chi connectivity index (χ1n) is 8.87. The molecule has 3 rings (SSSR count). The third kappa shape index (κ3) is 4.39. The average Bonchev–Trinajstić information content (AvgIpc) is 2.60. The second-order valence-corrected chi connectivity index (χ2v) is 6.95. The highest BCUT2D eigenvalue weighted by atomic mass is 16.5. The number of ether oxygens (including phenoxy) is 1. The maximum Gasteiger partial charge on any atom is 0.195 e. The number of carbonyl (C=O) groups excluding carboxylic acids is 1. The second-order valence-electron chi connectivity index (χ2n) is 6.95. The zero-order valence-electron chi connectivity index (χ0n) is 14.6. The molecule has 6 heteroatoms. The van der Waals surface area contributed by atoms with E-state index < -0.39 is 0 Å². The van der Waals surface area contributed by atoms with Crippen molar-refractivity contribution in [2.75, 3.05) is 45.9 Å². The minimum Gasteiger partial charge on any atom is -0.379 e. The highest BCUT2D eigenvalue weighted by molar-refractivity contribution is 5.95. The second kappa shape index (κ2) is 8.16. The van der Waals surface area contributed by atoms with Gasteiger partial charge in [-0.1, -0.05) is 6.07 Å². The Morgan fingerprint density at radius 1 is 1.38 bits per heavy atom. The number of carbonyl (C=O) groups is 1. The van der Waals surface area contributed by atoms with Crippen LogP contribution >= 0.6 is 0 Å². The molecule has 0 aliphatic carbocycles. The van der Waals surface area contributed by atoms with E-state index >= 15 is 0 Å². The molecule has 24 heavy (non-hydrogen) atoms. The Morgan fingerprint density at radius 3 is 3.00 bits per heavy atom. The summed E-state index contributed by atoms with van der Waals surface area (Å²) in [4.78, 5) is 21.6. The predicted molar refractivity (Wildman–Crippen MR) is 93.2 cm³/mol. The number of nitrogens with one attached hydrogen (secondary N) is 1. The zero-order valence-corrected chi connectivity index (χ0v) is 14.6. The lowest BCUT2D eigenvalue weighted by atomic mass is 10.1. The number of hydrogen-bond acceptors (Lipinski definition) is 6. The highest BCUT2D eigenvalue weighted by Crippen LogP contribution is 2.14. The normalized spacial score (nSPS) is 29.5. The van der Waals surface area contributed by atoms with E-state index in [1.54, 1.807) is 12.3 Å². The molecular weight excluding hydrogens is 304 g/mol. The van der Waals surface area contributed by atoms with Crippen LogP contribution in [0.25, 0.3) is 0 Å². The van der Waals surface area contributed by atoms with E-state index in [1.807, 2.05) is 12.1 Å². The Labute approximate surface area is 144 Å². The van der Waals surface area contributed by atoms with Crippen LogP contribution in [0.5, 0.6) is 0 Å². The van der Waals surface area contributed by atoms with Gasteiger partial charge in [0.1, 0.15) is 5.69 Å². The molecule has 2 fully saturated rings. The lowest BCUT2D eigenvalue weighted by Gasteiger charge is -2.43. The van der Waals surface area contributed by atoms with E-state index in [-0.39, 0.29) is 5.78 Å². The van der Waals surface area contributed by atoms with Gasteiger partial charge in [0.05, 0.1) is 19.8 Å². The first kappa shape index (κ1) is 17.5. The Morgan fingerprint density at radius 2 is 2.25 bits per heavy atom. The van der Waals surface area contributed by atoms with Gasteiger partial charge in [-0.2, -0.15) is 0 Å². The van der Waals surface area contributed by atoms with Gasteiger partial charge in [-0.3, -0.25) is 19.6 Å². The summed E-state index contributed by atoms with van der Waals surface area (Å²) in [6.45, 7) is 10.2. The van der Waals surface area contributed by atoms with E-state index in [2.05, 4.69) is 33.9 Å². The van der Waals surface area contributed by atoms with Crippen molar-refractivity contribution in [3.8, 4) is 0 Å². The molecule has 2 aliphatic heterocycles. The average molecular weight is 332 g/mol. The molecule has 0 bridgehead atoms. The largest absolute Gasteiger partial charge is 0.379 e.